The molecule has 190 valence electrons. The van der Waals surface area contributed by atoms with Crippen LogP contribution in [0, 0.1) is 6.57 Å². The second-order valence-electron chi connectivity index (χ2n) is 9.16. The van der Waals surface area contributed by atoms with Crippen LogP contribution in [0.1, 0.15) is 64.4 Å². The van der Waals surface area contributed by atoms with Gasteiger partial charge in [-0.15, -0.1) is 0 Å². The summed E-state index contributed by atoms with van der Waals surface area (Å²) in [6, 6.07) is -0.0322. The van der Waals surface area contributed by atoms with Crippen LogP contribution in [0.2, 0.25) is 0 Å². The van der Waals surface area contributed by atoms with E-state index < -0.39 is 53.6 Å². The summed E-state index contributed by atoms with van der Waals surface area (Å²) in [6.07, 6.45) is 0.296. The normalized spacial score (nSPS) is 41.8. The average molecular weight is 511 g/mol. The van der Waals surface area contributed by atoms with Gasteiger partial charge in [-0.3, -0.25) is 4.57 Å². The molecule has 0 saturated carbocycles. The molecule has 3 rings (SSSR count). The molecule has 1 unspecified atom stereocenters. The standard InChI is InChI=1S/C22H41N3O6P2/c1-16(2)25(17(3)4)32(29-14-11-23-6)30-21-10-13-28-22(21)19-8-7-15-33(26,24-19)31-20-9-12-27-18(20)5/h16-22H,7-15H2,1-5H3,(H,24,26)/t18-,19-,20+,21+,22-,32?,33+/m1/s1/i5D,12T,13T/t12-,13-,18+,19+,20-,21-,22+,32?,33-/m0. The quantitative estimate of drug-likeness (QED) is 0.246. The van der Waals surface area contributed by atoms with Gasteiger partial charge in [0.2, 0.25) is 6.54 Å². The Bertz CT molecular complexity index is 787. The molecule has 0 bridgehead atoms. The first kappa shape index (κ1) is 23.3. The molecule has 0 aromatic carbocycles. The zero-order chi connectivity index (χ0) is 26.5. The molecule has 1 N–H and O–H groups in total. The largest absolute Gasteiger partial charge is 0.376 e. The maximum Gasteiger partial charge on any atom is 0.270 e. The van der Waals surface area contributed by atoms with Gasteiger partial charge in [-0.2, -0.15) is 0 Å². The molecule has 9 nitrogen and oxygen atoms in total. The van der Waals surface area contributed by atoms with Crippen molar-refractivity contribution < 1.29 is 31.7 Å². The molecule has 0 aromatic heterocycles. The third kappa shape index (κ3) is 7.43. The van der Waals surface area contributed by atoms with Crippen LogP contribution in [0.3, 0.4) is 0 Å². The summed E-state index contributed by atoms with van der Waals surface area (Å²) >= 11 is 0. The minimum absolute atomic E-state index is 0.0507. The van der Waals surface area contributed by atoms with Gasteiger partial charge in [0.05, 0.1) is 27.2 Å². The van der Waals surface area contributed by atoms with E-state index in [4.69, 9.17) is 33.7 Å². The highest BCUT2D eigenvalue weighted by molar-refractivity contribution is 7.57. The van der Waals surface area contributed by atoms with Crippen molar-refractivity contribution in [2.24, 2.45) is 0 Å². The molecule has 0 spiro atoms. The van der Waals surface area contributed by atoms with E-state index >= 15 is 0 Å². The molecule has 3 heterocycles. The number of rotatable bonds is 11. The van der Waals surface area contributed by atoms with E-state index in [1.807, 2.05) is 0 Å². The van der Waals surface area contributed by atoms with Crippen molar-refractivity contribution >= 4 is 16.0 Å². The molecule has 0 radical (unpaired) electrons. The van der Waals surface area contributed by atoms with Gasteiger partial charge >= 0.3 is 0 Å². The molecule has 3 aliphatic rings. The van der Waals surface area contributed by atoms with Crippen LogP contribution >= 0.6 is 16.0 Å². The Morgan fingerprint density at radius 2 is 2.00 bits per heavy atom. The van der Waals surface area contributed by atoms with Crippen LogP contribution in [0.15, 0.2) is 0 Å². The van der Waals surface area contributed by atoms with Crippen LogP contribution in [0.4, 0.5) is 0 Å². The van der Waals surface area contributed by atoms with E-state index in [1.165, 1.54) is 0 Å². The molecule has 9 atom stereocenters. The number of nitrogens with one attached hydrogen (secondary N) is 1. The lowest BCUT2D eigenvalue weighted by molar-refractivity contribution is 0.0172. The second-order valence-corrected chi connectivity index (χ2v) is 12.8. The van der Waals surface area contributed by atoms with E-state index in [2.05, 4.69) is 42.3 Å². The topological polar surface area (TPSA) is 82.9 Å². The Kier molecular flexibility index (Phi) is 8.97. The Labute approximate surface area is 204 Å². The predicted octanol–water partition coefficient (Wildman–Crippen LogP) is 4.58. The van der Waals surface area contributed by atoms with E-state index in [0.29, 0.717) is 25.4 Å². The van der Waals surface area contributed by atoms with Crippen LogP contribution < -0.4 is 5.09 Å². The predicted molar refractivity (Wildman–Crippen MR) is 129 cm³/mol. The van der Waals surface area contributed by atoms with Crippen molar-refractivity contribution in [2.75, 3.05) is 32.5 Å². The van der Waals surface area contributed by atoms with Gasteiger partial charge < -0.3 is 27.9 Å². The van der Waals surface area contributed by atoms with Crippen molar-refractivity contribution in [3.8, 4) is 0 Å². The van der Waals surface area contributed by atoms with Crippen LogP contribution in [0.25, 0.3) is 4.85 Å². The third-order valence-electron chi connectivity index (χ3n) is 5.87. The zero-order valence-electron chi connectivity index (χ0n) is 23.1. The van der Waals surface area contributed by atoms with Crippen molar-refractivity contribution in [3.63, 3.8) is 0 Å². The van der Waals surface area contributed by atoms with E-state index in [9.17, 15) is 4.57 Å². The number of hydrogen-bond donors (Lipinski definition) is 1. The molecular weight excluding hydrogens is 464 g/mol. The lowest BCUT2D eigenvalue weighted by atomic mass is 10.0. The van der Waals surface area contributed by atoms with E-state index in [0.717, 1.165) is 0 Å². The number of ether oxygens (including phenoxy) is 2. The summed E-state index contributed by atoms with van der Waals surface area (Å²) in [7, 11) is -4.76. The smallest absolute Gasteiger partial charge is 0.270 e. The van der Waals surface area contributed by atoms with Gasteiger partial charge in [0, 0.05) is 45.2 Å². The second kappa shape index (κ2) is 12.7. The Morgan fingerprint density at radius 3 is 2.70 bits per heavy atom. The summed E-state index contributed by atoms with van der Waals surface area (Å²) in [5.74, 6) is 0. The summed E-state index contributed by atoms with van der Waals surface area (Å²) < 4.78 is 69.5. The van der Waals surface area contributed by atoms with E-state index in [-0.39, 0.29) is 44.6 Å². The fourth-order valence-corrected chi connectivity index (χ4v) is 8.48. The summed E-state index contributed by atoms with van der Waals surface area (Å²) in [6.45, 7) is 14.3. The lowest BCUT2D eigenvalue weighted by Crippen LogP contribution is -2.47. The minimum atomic E-state index is -3.26. The molecule has 3 aliphatic heterocycles. The Morgan fingerprint density at radius 1 is 1.27 bits per heavy atom. The number of hydrogen-bond acceptors (Lipinski definition) is 7. The van der Waals surface area contributed by atoms with Crippen molar-refractivity contribution in [3.05, 3.63) is 11.4 Å². The molecule has 0 aromatic rings. The van der Waals surface area contributed by atoms with Gasteiger partial charge in [-0.25, -0.2) is 16.3 Å². The highest BCUT2D eigenvalue weighted by Crippen LogP contribution is 2.52. The van der Waals surface area contributed by atoms with Crippen LogP contribution in [0.5, 0.6) is 0 Å². The van der Waals surface area contributed by atoms with Crippen LogP contribution in [-0.4, -0.2) is 79.7 Å². The maximum absolute atomic E-state index is 13.7. The zero-order valence-corrected chi connectivity index (χ0v) is 21.9. The van der Waals surface area contributed by atoms with Crippen molar-refractivity contribution in [2.45, 2.75) is 103 Å². The Hall–Kier alpha value is -0.130. The summed E-state index contributed by atoms with van der Waals surface area (Å²) in [4.78, 5) is 3.38. The van der Waals surface area contributed by atoms with Gasteiger partial charge in [0.25, 0.3) is 16.0 Å². The molecule has 0 amide bonds. The minimum Gasteiger partial charge on any atom is -0.376 e. The fraction of sp³-hybridized carbons (Fsp3) is 0.955. The summed E-state index contributed by atoms with van der Waals surface area (Å²) in [5, 5.41) is 3.19. The Balaban J connectivity index is 1.72. The van der Waals surface area contributed by atoms with Gasteiger partial charge in [0.15, 0.2) is 0 Å². The molecule has 11 heteroatoms. The fourth-order valence-electron chi connectivity index (χ4n) is 4.41. The highest BCUT2D eigenvalue weighted by Gasteiger charge is 2.45. The maximum atomic E-state index is 13.7. The first-order valence-electron chi connectivity index (χ1n) is 13.6. The van der Waals surface area contributed by atoms with Gasteiger partial charge in [-0.05, 0) is 53.9 Å². The molecule has 0 aliphatic carbocycles. The first-order valence-corrected chi connectivity index (χ1v) is 14.7. The molecule has 3 fully saturated rings. The average Bonchev–Trinajstić information content (AvgIpc) is 3.33. The monoisotopic (exact) mass is 510 g/mol. The van der Waals surface area contributed by atoms with Gasteiger partial charge in [0.1, 0.15) is 6.61 Å². The van der Waals surface area contributed by atoms with Crippen LogP contribution in [-0.2, 0) is 27.6 Å². The molecular formula is C22H41N3O6P2. The van der Waals surface area contributed by atoms with Crippen molar-refractivity contribution in [1.82, 2.24) is 9.76 Å². The molecule has 3 saturated heterocycles. The highest BCUT2D eigenvalue weighted by atomic mass is 31.2. The lowest BCUT2D eigenvalue weighted by Gasteiger charge is -2.39. The third-order valence-corrected chi connectivity index (χ3v) is 10.3. The number of nitrogens with zero attached hydrogens (tertiary/aromatic N) is 2. The first-order chi connectivity index (χ1) is 17.1. The van der Waals surface area contributed by atoms with Crippen molar-refractivity contribution in [1.29, 1.82) is 0 Å². The summed E-state index contributed by atoms with van der Waals surface area (Å²) in [5.41, 5.74) is 0. The SMILES string of the molecule is [2H]C[C@H]1O[C@@H]([3H])C[C@@H]1O[P@@]1(=O)CCC[C@H]([C@H]2O[C@@H]([3H])C[C@@H]2OP(OCC[N+]#[C-])N(C(C)C)C(C)C)N1. The van der Waals surface area contributed by atoms with Gasteiger partial charge in [-0.1, -0.05) is 0 Å². The van der Waals surface area contributed by atoms with E-state index in [1.54, 1.807) is 0 Å². The molecule has 33 heavy (non-hydrogen) atoms.